The molecule has 3 rings (SSSR count). The van der Waals surface area contributed by atoms with E-state index in [1.165, 1.54) is 17.0 Å². The first kappa shape index (κ1) is 12.8. The van der Waals surface area contributed by atoms with E-state index in [9.17, 15) is 4.39 Å². The molecule has 3 nitrogen and oxygen atoms in total. The fraction of sp³-hybridized carbons (Fsp3) is 0.200. The molecule has 0 saturated carbocycles. The monoisotopic (exact) mass is 285 g/mol. The summed E-state index contributed by atoms with van der Waals surface area (Å²) in [7, 11) is 0. The number of halogens is 1. The summed E-state index contributed by atoms with van der Waals surface area (Å²) in [5, 5.41) is 9.06. The number of benzene rings is 1. The lowest BCUT2D eigenvalue weighted by Crippen LogP contribution is -1.95. The molecule has 5 heteroatoms. The van der Waals surface area contributed by atoms with Gasteiger partial charge < -0.3 is 0 Å². The SMILES string of the molecule is Cc1sc2nc(-c3ccc(F)cc3)c(CC#N)n2c1C. The lowest BCUT2D eigenvalue weighted by molar-refractivity contribution is 0.628. The molecule has 0 N–H and O–H groups in total. The minimum absolute atomic E-state index is 0.274. The van der Waals surface area contributed by atoms with Crippen LogP contribution in [0.4, 0.5) is 4.39 Å². The molecule has 0 aliphatic rings. The first-order valence-corrected chi connectivity index (χ1v) is 7.03. The van der Waals surface area contributed by atoms with Crippen LogP contribution < -0.4 is 0 Å². The molecule has 20 heavy (non-hydrogen) atoms. The van der Waals surface area contributed by atoms with Crippen LogP contribution in [0, 0.1) is 31.0 Å². The molecule has 0 unspecified atom stereocenters. The number of nitrogens with zero attached hydrogens (tertiary/aromatic N) is 3. The van der Waals surface area contributed by atoms with Crippen LogP contribution in [-0.4, -0.2) is 9.38 Å². The summed E-state index contributed by atoms with van der Waals surface area (Å²) in [5.74, 6) is -0.274. The highest BCUT2D eigenvalue weighted by atomic mass is 32.1. The number of aromatic nitrogens is 2. The van der Waals surface area contributed by atoms with Gasteiger partial charge in [-0.05, 0) is 38.1 Å². The maximum Gasteiger partial charge on any atom is 0.194 e. The predicted molar refractivity (Wildman–Crippen MR) is 77.3 cm³/mol. The average molecular weight is 285 g/mol. The predicted octanol–water partition coefficient (Wildman–Crippen LogP) is 3.88. The van der Waals surface area contributed by atoms with Crippen molar-refractivity contribution in [1.82, 2.24) is 9.38 Å². The highest BCUT2D eigenvalue weighted by Crippen LogP contribution is 2.31. The van der Waals surface area contributed by atoms with Crippen LogP contribution in [0.25, 0.3) is 16.2 Å². The number of hydrogen-bond donors (Lipinski definition) is 0. The van der Waals surface area contributed by atoms with Crippen molar-refractivity contribution in [3.8, 4) is 17.3 Å². The van der Waals surface area contributed by atoms with Gasteiger partial charge in [0, 0.05) is 16.1 Å². The third kappa shape index (κ3) is 1.89. The van der Waals surface area contributed by atoms with E-state index in [0.29, 0.717) is 0 Å². The van der Waals surface area contributed by atoms with E-state index >= 15 is 0 Å². The largest absolute Gasteiger partial charge is 0.290 e. The number of fused-ring (bicyclic) bond motifs is 1. The summed E-state index contributed by atoms with van der Waals surface area (Å²) in [6.07, 6.45) is 0.283. The van der Waals surface area contributed by atoms with Crippen molar-refractivity contribution in [2.75, 3.05) is 0 Å². The van der Waals surface area contributed by atoms with E-state index < -0.39 is 0 Å². The lowest BCUT2D eigenvalue weighted by Gasteiger charge is -2.02. The van der Waals surface area contributed by atoms with Gasteiger partial charge in [0.2, 0.25) is 0 Å². The average Bonchev–Trinajstić information content (AvgIpc) is 2.90. The van der Waals surface area contributed by atoms with Gasteiger partial charge in [-0.1, -0.05) is 0 Å². The first-order valence-electron chi connectivity index (χ1n) is 6.22. The molecule has 1 aromatic carbocycles. The number of nitriles is 1. The van der Waals surface area contributed by atoms with E-state index in [1.807, 2.05) is 18.2 Å². The van der Waals surface area contributed by atoms with Crippen molar-refractivity contribution in [2.45, 2.75) is 20.3 Å². The van der Waals surface area contributed by atoms with Gasteiger partial charge in [0.15, 0.2) is 4.96 Å². The summed E-state index contributed by atoms with van der Waals surface area (Å²) in [4.78, 5) is 6.69. The van der Waals surface area contributed by atoms with Gasteiger partial charge in [-0.15, -0.1) is 11.3 Å². The van der Waals surface area contributed by atoms with Crippen LogP contribution in [0.3, 0.4) is 0 Å². The second kappa shape index (κ2) is 4.73. The van der Waals surface area contributed by atoms with Gasteiger partial charge in [-0.2, -0.15) is 5.26 Å². The highest BCUT2D eigenvalue weighted by molar-refractivity contribution is 7.17. The second-order valence-electron chi connectivity index (χ2n) is 4.61. The molecule has 0 spiro atoms. The molecule has 0 aliphatic heterocycles. The van der Waals surface area contributed by atoms with E-state index in [0.717, 1.165) is 27.6 Å². The Labute approximate surface area is 119 Å². The lowest BCUT2D eigenvalue weighted by atomic mass is 10.1. The fourth-order valence-corrected chi connectivity index (χ4v) is 3.28. The number of rotatable bonds is 2. The molecule has 0 atom stereocenters. The van der Waals surface area contributed by atoms with Gasteiger partial charge in [0.1, 0.15) is 5.82 Å². The van der Waals surface area contributed by atoms with Crippen molar-refractivity contribution < 1.29 is 4.39 Å². The standard InChI is InChI=1S/C15H12FN3S/c1-9-10(2)20-15-18-14(13(7-8-17)19(9)15)11-3-5-12(16)6-4-11/h3-6H,7H2,1-2H3. The zero-order chi connectivity index (χ0) is 14.3. The highest BCUT2D eigenvalue weighted by Gasteiger charge is 2.18. The minimum atomic E-state index is -0.274. The van der Waals surface area contributed by atoms with Crippen molar-refractivity contribution in [2.24, 2.45) is 0 Å². The third-order valence-corrected chi connectivity index (χ3v) is 4.45. The number of imidazole rings is 1. The van der Waals surface area contributed by atoms with Crippen molar-refractivity contribution in [3.63, 3.8) is 0 Å². The normalized spacial score (nSPS) is 10.9. The Bertz CT molecular complexity index is 822. The Kier molecular flexibility index (Phi) is 3.03. The van der Waals surface area contributed by atoms with Gasteiger partial charge in [-0.25, -0.2) is 9.37 Å². The minimum Gasteiger partial charge on any atom is -0.290 e. The van der Waals surface area contributed by atoms with Crippen molar-refractivity contribution in [3.05, 3.63) is 46.3 Å². The smallest absolute Gasteiger partial charge is 0.194 e. The van der Waals surface area contributed by atoms with Gasteiger partial charge in [0.25, 0.3) is 0 Å². The molecule has 0 bridgehead atoms. The molecular formula is C15H12FN3S. The first-order chi connectivity index (χ1) is 9.61. The number of aryl methyl sites for hydroxylation is 2. The maximum atomic E-state index is 13.0. The molecule has 0 aliphatic carbocycles. The summed E-state index contributed by atoms with van der Waals surface area (Å²) < 4.78 is 15.1. The fourth-order valence-electron chi connectivity index (χ4n) is 2.29. The number of hydrogen-bond acceptors (Lipinski definition) is 3. The van der Waals surface area contributed by atoms with Gasteiger partial charge >= 0.3 is 0 Å². The Morgan fingerprint density at radius 2 is 2.00 bits per heavy atom. The molecule has 0 fully saturated rings. The summed E-state index contributed by atoms with van der Waals surface area (Å²) in [6.45, 7) is 4.07. The molecular weight excluding hydrogens is 273 g/mol. The van der Waals surface area contributed by atoms with Crippen LogP contribution in [0.15, 0.2) is 24.3 Å². The molecule has 3 aromatic rings. The molecule has 0 saturated heterocycles. The maximum absolute atomic E-state index is 13.0. The second-order valence-corrected chi connectivity index (χ2v) is 5.79. The van der Waals surface area contributed by atoms with Crippen LogP contribution in [0.1, 0.15) is 16.3 Å². The van der Waals surface area contributed by atoms with Crippen molar-refractivity contribution >= 4 is 16.3 Å². The quantitative estimate of drug-likeness (QED) is 0.717. The Hall–Kier alpha value is -2.19. The van der Waals surface area contributed by atoms with E-state index in [-0.39, 0.29) is 12.2 Å². The van der Waals surface area contributed by atoms with E-state index in [2.05, 4.69) is 11.1 Å². The molecule has 100 valence electrons. The van der Waals surface area contributed by atoms with Crippen LogP contribution in [0.5, 0.6) is 0 Å². The van der Waals surface area contributed by atoms with Crippen molar-refractivity contribution in [1.29, 1.82) is 5.26 Å². The Morgan fingerprint density at radius 3 is 2.65 bits per heavy atom. The zero-order valence-electron chi connectivity index (χ0n) is 11.1. The summed E-state index contributed by atoms with van der Waals surface area (Å²) in [5.41, 5.74) is 3.58. The Balaban J connectivity index is 2.28. The molecule has 2 aromatic heterocycles. The number of thiazole rings is 1. The molecule has 0 radical (unpaired) electrons. The topological polar surface area (TPSA) is 41.1 Å². The zero-order valence-corrected chi connectivity index (χ0v) is 12.0. The van der Waals surface area contributed by atoms with E-state index in [1.54, 1.807) is 23.5 Å². The van der Waals surface area contributed by atoms with Crippen LogP contribution in [0.2, 0.25) is 0 Å². The van der Waals surface area contributed by atoms with E-state index in [4.69, 9.17) is 5.26 Å². The van der Waals surface area contributed by atoms with Crippen LogP contribution in [-0.2, 0) is 6.42 Å². The molecule has 0 amide bonds. The summed E-state index contributed by atoms with van der Waals surface area (Å²) >= 11 is 1.61. The van der Waals surface area contributed by atoms with Gasteiger partial charge in [0.05, 0.1) is 23.9 Å². The third-order valence-electron chi connectivity index (χ3n) is 3.40. The van der Waals surface area contributed by atoms with Crippen LogP contribution >= 0.6 is 11.3 Å². The van der Waals surface area contributed by atoms with Gasteiger partial charge in [-0.3, -0.25) is 4.40 Å². The Morgan fingerprint density at radius 1 is 1.30 bits per heavy atom. The molecule has 2 heterocycles. The summed E-state index contributed by atoms with van der Waals surface area (Å²) in [6, 6.07) is 8.42.